The number of nitrogens with one attached hydrogen (secondary N) is 3. The van der Waals surface area contributed by atoms with Gasteiger partial charge in [0.1, 0.15) is 16.4 Å². The second-order valence-corrected chi connectivity index (χ2v) is 8.06. The summed E-state index contributed by atoms with van der Waals surface area (Å²) in [6.45, 7) is 1.36. The number of fused-ring (bicyclic) bond motifs is 1. The summed E-state index contributed by atoms with van der Waals surface area (Å²) in [5, 5.41) is 3.33. The minimum atomic E-state index is -0.584. The SMILES string of the molecule is CCC(=O)NNC(=O)c1sc2cc(OCC(=O)Nc3ccc(F)c(Cl)c3)ccc2c1Cl. The topological polar surface area (TPSA) is 96.5 Å². The van der Waals surface area contributed by atoms with Gasteiger partial charge in [-0.25, -0.2) is 4.39 Å². The molecule has 0 aliphatic rings. The van der Waals surface area contributed by atoms with Crippen LogP contribution in [0.4, 0.5) is 10.1 Å². The highest BCUT2D eigenvalue weighted by molar-refractivity contribution is 7.21. The van der Waals surface area contributed by atoms with Gasteiger partial charge in [0, 0.05) is 22.2 Å². The molecule has 0 aliphatic heterocycles. The van der Waals surface area contributed by atoms with Crippen molar-refractivity contribution in [2.75, 3.05) is 11.9 Å². The van der Waals surface area contributed by atoms with E-state index in [9.17, 15) is 18.8 Å². The van der Waals surface area contributed by atoms with Crippen molar-refractivity contribution in [2.45, 2.75) is 13.3 Å². The molecular weight excluding hydrogens is 468 g/mol. The summed E-state index contributed by atoms with van der Waals surface area (Å²) >= 11 is 13.1. The molecule has 3 amide bonds. The summed E-state index contributed by atoms with van der Waals surface area (Å²) in [6.07, 6.45) is 0.225. The van der Waals surface area contributed by atoms with Crippen LogP contribution in [0.5, 0.6) is 5.75 Å². The number of anilines is 1. The average Bonchev–Trinajstić information content (AvgIpc) is 3.08. The zero-order chi connectivity index (χ0) is 22.5. The van der Waals surface area contributed by atoms with Gasteiger partial charge >= 0.3 is 0 Å². The van der Waals surface area contributed by atoms with Crippen molar-refractivity contribution < 1.29 is 23.5 Å². The van der Waals surface area contributed by atoms with Crippen LogP contribution < -0.4 is 20.9 Å². The molecular formula is C20H16Cl2FN3O4S. The number of halogens is 3. The highest BCUT2D eigenvalue weighted by atomic mass is 35.5. The molecule has 2 aromatic carbocycles. The molecule has 11 heteroatoms. The third-order valence-corrected chi connectivity index (χ3v) is 5.96. The van der Waals surface area contributed by atoms with E-state index in [-0.39, 0.29) is 33.9 Å². The van der Waals surface area contributed by atoms with E-state index >= 15 is 0 Å². The van der Waals surface area contributed by atoms with Crippen molar-refractivity contribution in [3.8, 4) is 5.75 Å². The zero-order valence-corrected chi connectivity index (χ0v) is 18.4. The van der Waals surface area contributed by atoms with Gasteiger partial charge in [-0.15, -0.1) is 11.3 Å². The van der Waals surface area contributed by atoms with E-state index in [1.54, 1.807) is 25.1 Å². The highest BCUT2D eigenvalue weighted by Crippen LogP contribution is 2.37. The molecule has 162 valence electrons. The molecule has 0 unspecified atom stereocenters. The Labute approximate surface area is 190 Å². The van der Waals surface area contributed by atoms with Crippen LogP contribution in [0.2, 0.25) is 10.0 Å². The summed E-state index contributed by atoms with van der Waals surface area (Å²) < 4.78 is 19.3. The molecule has 7 nitrogen and oxygen atoms in total. The Hall–Kier alpha value is -2.88. The molecule has 31 heavy (non-hydrogen) atoms. The standard InChI is InChI=1S/C20H16Cl2FN3O4S/c1-2-16(27)25-26-20(29)19-18(22)12-5-4-11(8-15(12)31-19)30-9-17(28)24-10-3-6-14(23)13(21)7-10/h3-8H,2,9H2,1H3,(H,24,28)(H,25,27)(H,26,29). The molecule has 1 heterocycles. The van der Waals surface area contributed by atoms with Crippen molar-refractivity contribution in [3.05, 3.63) is 57.1 Å². The van der Waals surface area contributed by atoms with Crippen LogP contribution in [0.15, 0.2) is 36.4 Å². The Balaban J connectivity index is 1.65. The molecule has 0 atom stereocenters. The molecule has 0 spiro atoms. The smallest absolute Gasteiger partial charge is 0.281 e. The van der Waals surface area contributed by atoms with E-state index in [0.29, 0.717) is 21.5 Å². The van der Waals surface area contributed by atoms with Crippen molar-refractivity contribution >= 4 is 68.0 Å². The monoisotopic (exact) mass is 483 g/mol. The lowest BCUT2D eigenvalue weighted by Crippen LogP contribution is -2.41. The van der Waals surface area contributed by atoms with Crippen LogP contribution in [-0.4, -0.2) is 24.3 Å². The minimum absolute atomic E-state index is 0.104. The molecule has 0 bridgehead atoms. The maximum absolute atomic E-state index is 13.2. The summed E-state index contributed by atoms with van der Waals surface area (Å²) in [7, 11) is 0. The Morgan fingerprint density at radius 2 is 1.84 bits per heavy atom. The van der Waals surface area contributed by atoms with Gasteiger partial charge in [0.25, 0.3) is 11.8 Å². The van der Waals surface area contributed by atoms with Crippen LogP contribution >= 0.6 is 34.5 Å². The minimum Gasteiger partial charge on any atom is -0.484 e. The highest BCUT2D eigenvalue weighted by Gasteiger charge is 2.18. The summed E-state index contributed by atoms with van der Waals surface area (Å²) in [4.78, 5) is 35.9. The van der Waals surface area contributed by atoms with E-state index in [1.165, 1.54) is 12.1 Å². The molecule has 3 N–H and O–H groups in total. The van der Waals surface area contributed by atoms with Crippen LogP contribution in [0.25, 0.3) is 10.1 Å². The number of hydrogen-bond acceptors (Lipinski definition) is 5. The number of ether oxygens (including phenoxy) is 1. The van der Waals surface area contributed by atoms with E-state index in [4.69, 9.17) is 27.9 Å². The fraction of sp³-hybridized carbons (Fsp3) is 0.150. The van der Waals surface area contributed by atoms with Crippen LogP contribution in [0.3, 0.4) is 0 Å². The van der Waals surface area contributed by atoms with Gasteiger partial charge in [-0.2, -0.15) is 0 Å². The van der Waals surface area contributed by atoms with Crippen molar-refractivity contribution in [1.29, 1.82) is 0 Å². The zero-order valence-electron chi connectivity index (χ0n) is 16.1. The van der Waals surface area contributed by atoms with Crippen molar-refractivity contribution in [2.24, 2.45) is 0 Å². The van der Waals surface area contributed by atoms with Gasteiger partial charge in [0.15, 0.2) is 6.61 Å². The van der Waals surface area contributed by atoms with E-state index < -0.39 is 17.6 Å². The van der Waals surface area contributed by atoms with Gasteiger partial charge < -0.3 is 10.1 Å². The Morgan fingerprint density at radius 1 is 1.06 bits per heavy atom. The number of carbonyl (C=O) groups excluding carboxylic acids is 3. The predicted molar refractivity (Wildman–Crippen MR) is 118 cm³/mol. The van der Waals surface area contributed by atoms with Gasteiger partial charge in [0.05, 0.1) is 10.0 Å². The molecule has 0 saturated heterocycles. The van der Waals surface area contributed by atoms with Gasteiger partial charge in [-0.3, -0.25) is 25.2 Å². The first kappa shape index (κ1) is 22.8. The summed E-state index contributed by atoms with van der Waals surface area (Å²) in [5.41, 5.74) is 4.93. The first-order valence-electron chi connectivity index (χ1n) is 8.97. The Morgan fingerprint density at radius 3 is 2.55 bits per heavy atom. The maximum Gasteiger partial charge on any atom is 0.281 e. The first-order chi connectivity index (χ1) is 14.8. The van der Waals surface area contributed by atoms with E-state index in [0.717, 1.165) is 17.4 Å². The first-order valence-corrected chi connectivity index (χ1v) is 10.5. The number of hydrazine groups is 1. The lowest BCUT2D eigenvalue weighted by Gasteiger charge is -2.08. The number of carbonyl (C=O) groups is 3. The lowest BCUT2D eigenvalue weighted by atomic mass is 10.2. The second kappa shape index (κ2) is 9.95. The molecule has 3 aromatic rings. The van der Waals surface area contributed by atoms with Crippen molar-refractivity contribution in [3.63, 3.8) is 0 Å². The molecule has 0 aliphatic carbocycles. The third-order valence-electron chi connectivity index (χ3n) is 4.02. The van der Waals surface area contributed by atoms with Crippen LogP contribution in [-0.2, 0) is 9.59 Å². The maximum atomic E-state index is 13.2. The predicted octanol–water partition coefficient (Wildman–Crippen LogP) is 4.54. The fourth-order valence-electron chi connectivity index (χ4n) is 2.47. The second-order valence-electron chi connectivity index (χ2n) is 6.22. The number of amides is 3. The van der Waals surface area contributed by atoms with Gasteiger partial charge in [-0.05, 0) is 36.4 Å². The quantitative estimate of drug-likeness (QED) is 0.448. The Bertz CT molecular complexity index is 1170. The lowest BCUT2D eigenvalue weighted by molar-refractivity contribution is -0.121. The normalized spacial score (nSPS) is 10.6. The molecule has 0 fully saturated rings. The van der Waals surface area contributed by atoms with Gasteiger partial charge in [-0.1, -0.05) is 30.1 Å². The van der Waals surface area contributed by atoms with E-state index in [1.807, 2.05) is 0 Å². The number of benzene rings is 2. The number of hydrogen-bond donors (Lipinski definition) is 3. The van der Waals surface area contributed by atoms with Crippen LogP contribution in [0.1, 0.15) is 23.0 Å². The Kier molecular flexibility index (Phi) is 7.32. The van der Waals surface area contributed by atoms with Gasteiger partial charge in [0.2, 0.25) is 5.91 Å². The molecule has 0 radical (unpaired) electrons. The third kappa shape index (κ3) is 5.63. The summed E-state index contributed by atoms with van der Waals surface area (Å²) in [5.74, 6) is -1.52. The summed E-state index contributed by atoms with van der Waals surface area (Å²) in [6, 6.07) is 8.76. The van der Waals surface area contributed by atoms with Crippen LogP contribution in [0, 0.1) is 5.82 Å². The molecule has 0 saturated carbocycles. The average molecular weight is 484 g/mol. The number of rotatable bonds is 6. The number of thiophene rings is 1. The van der Waals surface area contributed by atoms with Crippen molar-refractivity contribution in [1.82, 2.24) is 10.9 Å². The van der Waals surface area contributed by atoms with E-state index in [2.05, 4.69) is 16.2 Å². The largest absolute Gasteiger partial charge is 0.484 e. The molecule has 3 rings (SSSR count). The fourth-order valence-corrected chi connectivity index (χ4v) is 4.09. The molecule has 1 aromatic heterocycles.